The van der Waals surface area contributed by atoms with Gasteiger partial charge in [-0.15, -0.1) is 22.7 Å². The molecular formula is C13H17N3OS3. The summed E-state index contributed by atoms with van der Waals surface area (Å²) in [5.74, 6) is 0.0105. The number of carbonyl (C=O) groups is 1. The molecule has 0 saturated heterocycles. The molecule has 0 radical (unpaired) electrons. The Bertz CT molecular complexity index is 683. The Morgan fingerprint density at radius 1 is 1.40 bits per heavy atom. The lowest BCUT2D eigenvalue weighted by atomic mass is 10.2. The minimum atomic E-state index is -0.0130. The van der Waals surface area contributed by atoms with Crippen LogP contribution >= 0.6 is 34.9 Å². The van der Waals surface area contributed by atoms with Crippen LogP contribution in [0, 0.1) is 24.7 Å². The molecule has 4 nitrogen and oxygen atoms in total. The van der Waals surface area contributed by atoms with E-state index in [-0.39, 0.29) is 11.9 Å². The average molecular weight is 328 g/mol. The number of nitrogens with zero attached hydrogens (tertiary/aromatic N) is 1. The van der Waals surface area contributed by atoms with Crippen molar-refractivity contribution in [2.24, 2.45) is 0 Å². The number of aromatic nitrogens is 2. The summed E-state index contributed by atoms with van der Waals surface area (Å²) in [6.45, 7) is 7.88. The summed E-state index contributed by atoms with van der Waals surface area (Å²) in [4.78, 5) is 21.7. The van der Waals surface area contributed by atoms with Gasteiger partial charge in [0.05, 0.1) is 23.2 Å². The van der Waals surface area contributed by atoms with Gasteiger partial charge < -0.3 is 10.3 Å². The van der Waals surface area contributed by atoms with Crippen molar-refractivity contribution in [3.05, 3.63) is 30.1 Å². The van der Waals surface area contributed by atoms with Crippen molar-refractivity contribution in [3.63, 3.8) is 0 Å². The van der Waals surface area contributed by atoms with E-state index in [9.17, 15) is 4.79 Å². The maximum atomic E-state index is 12.1. The molecule has 0 bridgehead atoms. The van der Waals surface area contributed by atoms with Crippen molar-refractivity contribution in [1.29, 1.82) is 0 Å². The molecule has 108 valence electrons. The summed E-state index contributed by atoms with van der Waals surface area (Å²) >= 11 is 8.18. The average Bonchev–Trinajstić information content (AvgIpc) is 2.81. The van der Waals surface area contributed by atoms with Gasteiger partial charge in [0.2, 0.25) is 5.91 Å². The number of H-pyrrole nitrogens is 1. The zero-order chi connectivity index (χ0) is 14.9. The topological polar surface area (TPSA) is 57.8 Å². The van der Waals surface area contributed by atoms with Crippen LogP contribution < -0.4 is 5.32 Å². The Morgan fingerprint density at radius 2 is 2.10 bits per heavy atom. The van der Waals surface area contributed by atoms with Gasteiger partial charge in [-0.25, -0.2) is 4.98 Å². The van der Waals surface area contributed by atoms with Crippen molar-refractivity contribution in [2.75, 3.05) is 0 Å². The summed E-state index contributed by atoms with van der Waals surface area (Å²) in [5, 5.41) is 4.05. The van der Waals surface area contributed by atoms with E-state index < -0.39 is 0 Å². The lowest BCUT2D eigenvalue weighted by Gasteiger charge is -2.12. The van der Waals surface area contributed by atoms with E-state index in [2.05, 4.69) is 15.3 Å². The van der Waals surface area contributed by atoms with E-state index in [1.165, 1.54) is 11.3 Å². The van der Waals surface area contributed by atoms with Crippen molar-refractivity contribution >= 4 is 40.8 Å². The lowest BCUT2D eigenvalue weighted by Crippen LogP contribution is -2.27. The van der Waals surface area contributed by atoms with Gasteiger partial charge >= 0.3 is 0 Å². The molecular weight excluding hydrogens is 310 g/mol. The predicted octanol–water partition coefficient (Wildman–Crippen LogP) is 3.61. The normalized spacial score (nSPS) is 12.4. The van der Waals surface area contributed by atoms with Crippen molar-refractivity contribution in [2.45, 2.75) is 40.2 Å². The zero-order valence-corrected chi connectivity index (χ0v) is 14.3. The highest BCUT2D eigenvalue weighted by Crippen LogP contribution is 2.24. The highest BCUT2D eigenvalue weighted by Gasteiger charge is 2.16. The standard InChI is InChI=1S/C13H17N3OS3/c1-6-10(20-13(18)16-6)5-11(17)15-8(3)12-7(2)14-9(4)19-12/h8H,5H2,1-4H3,(H,15,17)(H,16,18). The van der Waals surface area contributed by atoms with E-state index >= 15 is 0 Å². The summed E-state index contributed by atoms with van der Waals surface area (Å²) in [5.41, 5.74) is 1.97. The van der Waals surface area contributed by atoms with Crippen molar-refractivity contribution in [1.82, 2.24) is 15.3 Å². The third-order valence-electron chi connectivity index (χ3n) is 2.96. The van der Waals surface area contributed by atoms with Crippen LogP contribution in [0.5, 0.6) is 0 Å². The molecule has 0 spiro atoms. The molecule has 7 heteroatoms. The van der Waals surface area contributed by atoms with Crippen molar-refractivity contribution < 1.29 is 4.79 Å². The number of thiazole rings is 2. The van der Waals surface area contributed by atoms with Gasteiger partial charge in [0.15, 0.2) is 3.95 Å². The Balaban J connectivity index is 2.03. The fraction of sp³-hybridized carbons (Fsp3) is 0.462. The molecule has 0 saturated carbocycles. The predicted molar refractivity (Wildman–Crippen MR) is 86.1 cm³/mol. The third kappa shape index (κ3) is 3.53. The van der Waals surface area contributed by atoms with E-state index in [1.54, 1.807) is 11.3 Å². The zero-order valence-electron chi connectivity index (χ0n) is 11.9. The first-order valence-electron chi connectivity index (χ1n) is 6.28. The first-order chi connectivity index (χ1) is 9.36. The molecule has 0 aliphatic heterocycles. The summed E-state index contributed by atoms with van der Waals surface area (Å²) in [7, 11) is 0. The van der Waals surface area contributed by atoms with Gasteiger partial charge in [0.25, 0.3) is 0 Å². The maximum absolute atomic E-state index is 12.1. The first kappa shape index (κ1) is 15.3. The Labute approximate surface area is 131 Å². The second-order valence-corrected chi connectivity index (χ2v) is 7.72. The number of aryl methyl sites for hydroxylation is 3. The minimum absolute atomic E-state index is 0.0105. The molecule has 1 unspecified atom stereocenters. The Kier molecular flexibility index (Phi) is 4.72. The monoisotopic (exact) mass is 327 g/mol. The third-order valence-corrected chi connectivity index (χ3v) is 5.55. The van der Waals surface area contributed by atoms with Crippen molar-refractivity contribution in [3.8, 4) is 0 Å². The number of carbonyl (C=O) groups excluding carboxylic acids is 1. The minimum Gasteiger partial charge on any atom is -0.348 e. The Hall–Kier alpha value is -1.05. The fourth-order valence-electron chi connectivity index (χ4n) is 2.06. The molecule has 1 amide bonds. The summed E-state index contributed by atoms with van der Waals surface area (Å²) < 4.78 is 0.715. The van der Waals surface area contributed by atoms with Crippen LogP contribution in [0.4, 0.5) is 0 Å². The molecule has 20 heavy (non-hydrogen) atoms. The molecule has 0 aliphatic carbocycles. The molecule has 2 aromatic heterocycles. The van der Waals surface area contributed by atoms with Gasteiger partial charge in [-0.3, -0.25) is 4.79 Å². The molecule has 2 heterocycles. The van der Waals surface area contributed by atoms with Gasteiger partial charge in [-0.05, 0) is 39.9 Å². The molecule has 0 fully saturated rings. The smallest absolute Gasteiger partial charge is 0.225 e. The van der Waals surface area contributed by atoms with Gasteiger partial charge in [-0.2, -0.15) is 0 Å². The van der Waals surface area contributed by atoms with Crippen LogP contribution in [0.3, 0.4) is 0 Å². The van der Waals surface area contributed by atoms with Crippen LogP contribution in [0.15, 0.2) is 0 Å². The quantitative estimate of drug-likeness (QED) is 0.844. The van der Waals surface area contributed by atoms with E-state index in [0.29, 0.717) is 10.4 Å². The fourth-order valence-corrected chi connectivity index (χ4v) is 4.28. The number of rotatable bonds is 4. The number of aromatic amines is 1. The van der Waals surface area contributed by atoms with Gasteiger partial charge in [0.1, 0.15) is 0 Å². The molecule has 2 aromatic rings. The second kappa shape index (κ2) is 6.15. The molecule has 2 rings (SSSR count). The van der Waals surface area contributed by atoms with E-state index in [4.69, 9.17) is 12.2 Å². The van der Waals surface area contributed by atoms with Crippen LogP contribution in [0.1, 0.15) is 39.1 Å². The number of nitrogens with one attached hydrogen (secondary N) is 2. The SMILES string of the molecule is Cc1nc(C)c(C(C)NC(=O)Cc2sc(=S)[nH]c2C)s1. The highest BCUT2D eigenvalue weighted by molar-refractivity contribution is 7.73. The van der Waals surface area contributed by atoms with E-state index in [1.807, 2.05) is 27.7 Å². The number of amides is 1. The van der Waals surface area contributed by atoms with Crippen LogP contribution in [0.2, 0.25) is 0 Å². The summed E-state index contributed by atoms with van der Waals surface area (Å²) in [6, 6.07) is -0.0130. The second-order valence-electron chi connectivity index (χ2n) is 4.71. The molecule has 0 aliphatic rings. The maximum Gasteiger partial charge on any atom is 0.225 e. The van der Waals surface area contributed by atoms with Crippen LogP contribution in [-0.2, 0) is 11.2 Å². The largest absolute Gasteiger partial charge is 0.348 e. The molecule has 1 atom stereocenters. The first-order valence-corrected chi connectivity index (χ1v) is 8.33. The van der Waals surface area contributed by atoms with Crippen LogP contribution in [0.25, 0.3) is 0 Å². The van der Waals surface area contributed by atoms with Gasteiger partial charge in [0, 0.05) is 15.4 Å². The summed E-state index contributed by atoms with van der Waals surface area (Å²) in [6.07, 6.45) is 0.366. The molecule has 2 N–H and O–H groups in total. The number of hydrogen-bond donors (Lipinski definition) is 2. The Morgan fingerprint density at radius 3 is 2.60 bits per heavy atom. The van der Waals surface area contributed by atoms with Crippen LogP contribution in [-0.4, -0.2) is 15.9 Å². The molecule has 0 aromatic carbocycles. The highest BCUT2D eigenvalue weighted by atomic mass is 32.1. The lowest BCUT2D eigenvalue weighted by molar-refractivity contribution is -0.121. The van der Waals surface area contributed by atoms with E-state index in [0.717, 1.165) is 26.1 Å². The van der Waals surface area contributed by atoms with Gasteiger partial charge in [-0.1, -0.05) is 0 Å². The number of hydrogen-bond acceptors (Lipinski definition) is 5.